The van der Waals surface area contributed by atoms with Crippen molar-refractivity contribution >= 4 is 16.9 Å². The van der Waals surface area contributed by atoms with Crippen LogP contribution in [0.2, 0.25) is 0 Å². The number of hydrogen-bond acceptors (Lipinski definition) is 2. The molecular weight excluding hydrogens is 302 g/mol. The third-order valence-electron chi connectivity index (χ3n) is 5.00. The molecule has 3 rings (SSSR count). The van der Waals surface area contributed by atoms with Crippen molar-refractivity contribution in [3.05, 3.63) is 35.5 Å². The molecule has 1 aromatic carbocycles. The molecule has 130 valence electrons. The molecule has 2 atom stereocenters. The summed E-state index contributed by atoms with van der Waals surface area (Å²) in [5.74, 6) is 0.399. The predicted molar refractivity (Wildman–Crippen MR) is 96.1 cm³/mol. The number of hydrogen-bond donors (Lipinski definition) is 4. The van der Waals surface area contributed by atoms with E-state index >= 15 is 0 Å². The number of fused-ring (bicyclic) bond motifs is 1. The topological polar surface area (TPSA) is 77.2 Å². The third-order valence-corrected chi connectivity index (χ3v) is 5.00. The van der Waals surface area contributed by atoms with Gasteiger partial charge in [-0.1, -0.05) is 24.6 Å². The van der Waals surface area contributed by atoms with Crippen LogP contribution < -0.4 is 10.6 Å². The number of aliphatic hydroxyl groups is 1. The van der Waals surface area contributed by atoms with Crippen LogP contribution in [0.3, 0.4) is 0 Å². The van der Waals surface area contributed by atoms with Gasteiger partial charge in [-0.15, -0.1) is 0 Å². The monoisotopic (exact) mass is 329 g/mol. The summed E-state index contributed by atoms with van der Waals surface area (Å²) in [5, 5.41) is 16.8. The minimum atomic E-state index is -0.195. The van der Waals surface area contributed by atoms with Crippen molar-refractivity contribution < 1.29 is 9.90 Å². The molecule has 0 saturated heterocycles. The predicted octanol–water partition coefficient (Wildman–Crippen LogP) is 2.87. The number of carbonyl (C=O) groups excluding carboxylic acids is 1. The average molecular weight is 329 g/mol. The first-order valence-electron chi connectivity index (χ1n) is 8.89. The molecule has 1 heterocycles. The molecule has 5 heteroatoms. The number of rotatable bonds is 5. The highest BCUT2D eigenvalue weighted by Crippen LogP contribution is 2.23. The van der Waals surface area contributed by atoms with Crippen molar-refractivity contribution in [2.45, 2.75) is 45.1 Å². The first-order chi connectivity index (χ1) is 11.6. The molecule has 1 aliphatic carbocycles. The van der Waals surface area contributed by atoms with E-state index in [9.17, 15) is 9.90 Å². The number of nitrogens with one attached hydrogen (secondary N) is 3. The van der Waals surface area contributed by atoms with E-state index in [4.69, 9.17) is 0 Å². The number of carbonyl (C=O) groups is 1. The van der Waals surface area contributed by atoms with E-state index in [1.54, 1.807) is 0 Å². The van der Waals surface area contributed by atoms with Crippen molar-refractivity contribution in [1.82, 2.24) is 15.6 Å². The van der Waals surface area contributed by atoms with Crippen LogP contribution in [-0.2, 0) is 6.42 Å². The SMILES string of the molecule is Cc1cccc2c(CCNC(=O)NCC3CCCC(O)C3)c[nH]c12. The van der Waals surface area contributed by atoms with Crippen molar-refractivity contribution in [1.29, 1.82) is 0 Å². The number of H-pyrrole nitrogens is 1. The van der Waals surface area contributed by atoms with Gasteiger partial charge in [-0.3, -0.25) is 0 Å². The van der Waals surface area contributed by atoms with E-state index in [0.717, 1.165) is 32.1 Å². The number of aromatic amines is 1. The molecule has 1 aromatic heterocycles. The van der Waals surface area contributed by atoms with Gasteiger partial charge >= 0.3 is 6.03 Å². The summed E-state index contributed by atoms with van der Waals surface area (Å²) in [6.07, 6.45) is 6.47. The highest BCUT2D eigenvalue weighted by molar-refractivity contribution is 5.85. The molecule has 0 radical (unpaired) electrons. The van der Waals surface area contributed by atoms with E-state index in [1.807, 2.05) is 6.20 Å². The number of para-hydroxylation sites is 1. The van der Waals surface area contributed by atoms with Crippen LogP contribution in [0.15, 0.2) is 24.4 Å². The first kappa shape index (κ1) is 16.8. The van der Waals surface area contributed by atoms with Gasteiger partial charge in [0.2, 0.25) is 0 Å². The van der Waals surface area contributed by atoms with Crippen LogP contribution in [0.5, 0.6) is 0 Å². The van der Waals surface area contributed by atoms with Gasteiger partial charge < -0.3 is 20.7 Å². The van der Waals surface area contributed by atoms with E-state index in [-0.39, 0.29) is 12.1 Å². The second-order valence-corrected chi connectivity index (χ2v) is 6.88. The molecule has 1 saturated carbocycles. The lowest BCUT2D eigenvalue weighted by Crippen LogP contribution is -2.40. The molecule has 4 N–H and O–H groups in total. The molecule has 1 aliphatic rings. The van der Waals surface area contributed by atoms with Gasteiger partial charge in [-0.2, -0.15) is 0 Å². The van der Waals surface area contributed by atoms with Crippen LogP contribution in [-0.4, -0.2) is 35.3 Å². The maximum atomic E-state index is 11.9. The number of aromatic nitrogens is 1. The minimum absolute atomic E-state index is 0.119. The lowest BCUT2D eigenvalue weighted by atomic mass is 9.87. The number of benzene rings is 1. The number of amides is 2. The Bertz CT molecular complexity index is 695. The van der Waals surface area contributed by atoms with Gasteiger partial charge in [0.05, 0.1) is 6.10 Å². The second kappa shape index (κ2) is 7.71. The summed E-state index contributed by atoms with van der Waals surface area (Å²) in [4.78, 5) is 15.2. The number of aliphatic hydroxyl groups excluding tert-OH is 1. The smallest absolute Gasteiger partial charge is 0.314 e. The molecule has 24 heavy (non-hydrogen) atoms. The van der Waals surface area contributed by atoms with Crippen molar-refractivity contribution in [2.24, 2.45) is 5.92 Å². The summed E-state index contributed by atoms with van der Waals surface area (Å²) >= 11 is 0. The molecule has 2 aromatic rings. The Labute approximate surface area is 142 Å². The molecule has 0 bridgehead atoms. The van der Waals surface area contributed by atoms with Crippen molar-refractivity contribution in [2.75, 3.05) is 13.1 Å². The fourth-order valence-electron chi connectivity index (χ4n) is 3.63. The van der Waals surface area contributed by atoms with Gasteiger partial charge in [-0.05, 0) is 49.7 Å². The van der Waals surface area contributed by atoms with Crippen LogP contribution in [0.1, 0.15) is 36.8 Å². The van der Waals surface area contributed by atoms with Gasteiger partial charge in [0.1, 0.15) is 0 Å². The highest BCUT2D eigenvalue weighted by Gasteiger charge is 2.20. The Morgan fingerprint density at radius 1 is 1.33 bits per heavy atom. The van der Waals surface area contributed by atoms with Gasteiger partial charge in [-0.25, -0.2) is 4.79 Å². The number of urea groups is 1. The Morgan fingerprint density at radius 3 is 3.04 bits per heavy atom. The Morgan fingerprint density at radius 2 is 2.21 bits per heavy atom. The summed E-state index contributed by atoms with van der Waals surface area (Å²) in [7, 11) is 0. The maximum Gasteiger partial charge on any atom is 0.314 e. The van der Waals surface area contributed by atoms with Crippen LogP contribution in [0.25, 0.3) is 10.9 Å². The Kier molecular flexibility index (Phi) is 5.41. The normalized spacial score (nSPS) is 20.9. The molecule has 0 aliphatic heterocycles. The summed E-state index contributed by atoms with van der Waals surface area (Å²) < 4.78 is 0. The maximum absolute atomic E-state index is 11.9. The molecular formula is C19H27N3O2. The second-order valence-electron chi connectivity index (χ2n) is 6.88. The largest absolute Gasteiger partial charge is 0.393 e. The average Bonchev–Trinajstić information content (AvgIpc) is 2.98. The van der Waals surface area contributed by atoms with Crippen molar-refractivity contribution in [3.8, 4) is 0 Å². The summed E-state index contributed by atoms with van der Waals surface area (Å²) in [6.45, 7) is 3.35. The lowest BCUT2D eigenvalue weighted by molar-refractivity contribution is 0.101. The minimum Gasteiger partial charge on any atom is -0.393 e. The molecule has 2 unspecified atom stereocenters. The summed E-state index contributed by atoms with van der Waals surface area (Å²) in [5.41, 5.74) is 3.64. The Hall–Kier alpha value is -2.01. The van der Waals surface area contributed by atoms with E-state index < -0.39 is 0 Å². The standard InChI is InChI=1S/C19H27N3O2/c1-13-4-2-7-17-15(12-21-18(13)17)8-9-20-19(24)22-11-14-5-3-6-16(23)10-14/h2,4,7,12,14,16,21,23H,3,5-6,8-11H2,1H3,(H2,20,22,24). The zero-order valence-corrected chi connectivity index (χ0v) is 14.3. The van der Waals surface area contributed by atoms with E-state index in [2.05, 4.69) is 40.7 Å². The van der Waals surface area contributed by atoms with Gasteiger partial charge in [0, 0.05) is 30.2 Å². The zero-order valence-electron chi connectivity index (χ0n) is 14.3. The number of aryl methyl sites for hydroxylation is 1. The zero-order chi connectivity index (χ0) is 16.9. The van der Waals surface area contributed by atoms with Crippen LogP contribution in [0.4, 0.5) is 4.79 Å². The van der Waals surface area contributed by atoms with Crippen LogP contribution in [0, 0.1) is 12.8 Å². The quantitative estimate of drug-likeness (QED) is 0.681. The fourth-order valence-corrected chi connectivity index (χ4v) is 3.63. The lowest BCUT2D eigenvalue weighted by Gasteiger charge is -2.25. The van der Waals surface area contributed by atoms with Gasteiger partial charge in [0.15, 0.2) is 0 Å². The van der Waals surface area contributed by atoms with Crippen LogP contribution >= 0.6 is 0 Å². The highest BCUT2D eigenvalue weighted by atomic mass is 16.3. The van der Waals surface area contributed by atoms with E-state index in [1.165, 1.54) is 22.0 Å². The molecule has 1 fully saturated rings. The molecule has 2 amide bonds. The Balaban J connectivity index is 1.42. The van der Waals surface area contributed by atoms with Crippen molar-refractivity contribution in [3.63, 3.8) is 0 Å². The fraction of sp³-hybridized carbons (Fsp3) is 0.526. The molecule has 0 spiro atoms. The first-order valence-corrected chi connectivity index (χ1v) is 8.89. The third kappa shape index (κ3) is 4.09. The summed E-state index contributed by atoms with van der Waals surface area (Å²) in [6, 6.07) is 6.15. The van der Waals surface area contributed by atoms with Gasteiger partial charge in [0.25, 0.3) is 0 Å². The van der Waals surface area contributed by atoms with E-state index in [0.29, 0.717) is 19.0 Å². The molecule has 5 nitrogen and oxygen atoms in total.